The Hall–Kier alpha value is -0.610. The van der Waals surface area contributed by atoms with E-state index in [4.69, 9.17) is 0 Å². The topological polar surface area (TPSA) is 0 Å². The molecule has 1 aromatic rings. The van der Waals surface area contributed by atoms with Gasteiger partial charge in [0, 0.05) is 0 Å². The van der Waals surface area contributed by atoms with Crippen molar-refractivity contribution in [2.45, 2.75) is 47.0 Å². The fourth-order valence-corrected chi connectivity index (χ4v) is 2.98. The number of hydrogen-bond acceptors (Lipinski definition) is 0. The van der Waals surface area contributed by atoms with Crippen LogP contribution in [0, 0.1) is 5.41 Å². The molecule has 0 saturated carbocycles. The average molecular weight is 262 g/mol. The molecule has 0 aliphatic carbocycles. The van der Waals surface area contributed by atoms with Gasteiger partial charge in [0.25, 0.3) is 0 Å². The van der Waals surface area contributed by atoms with E-state index in [1.54, 1.807) is 0 Å². The van der Waals surface area contributed by atoms with Crippen LogP contribution in [0.1, 0.15) is 52.5 Å². The molecule has 0 aliphatic rings. The molecular weight excluding hydrogens is 235 g/mol. The highest BCUT2D eigenvalue weighted by Crippen LogP contribution is 2.31. The zero-order chi connectivity index (χ0) is 13.6. The maximum Gasteiger partial charge on any atom is -0.0156 e. The van der Waals surface area contributed by atoms with Crippen molar-refractivity contribution in [2.24, 2.45) is 5.41 Å². The summed E-state index contributed by atoms with van der Waals surface area (Å²) < 4.78 is 0. The van der Waals surface area contributed by atoms with Crippen LogP contribution in [-0.4, -0.2) is 6.16 Å². The molecule has 0 aromatic heterocycles. The summed E-state index contributed by atoms with van der Waals surface area (Å²) >= 11 is 0. The van der Waals surface area contributed by atoms with Gasteiger partial charge in [0.1, 0.15) is 0 Å². The highest BCUT2D eigenvalue weighted by molar-refractivity contribution is 7.47. The van der Waals surface area contributed by atoms with Crippen molar-refractivity contribution >= 4 is 19.5 Å². The van der Waals surface area contributed by atoms with Crippen LogP contribution in [0.5, 0.6) is 0 Å². The minimum absolute atomic E-state index is 0.435. The van der Waals surface area contributed by atoms with Gasteiger partial charge in [-0.05, 0) is 40.9 Å². The number of benzene rings is 1. The summed E-state index contributed by atoms with van der Waals surface area (Å²) in [5.74, 6) is 0. The van der Waals surface area contributed by atoms with Gasteiger partial charge in [0.15, 0.2) is 0 Å². The van der Waals surface area contributed by atoms with E-state index in [9.17, 15) is 0 Å². The second kappa shape index (κ2) is 7.10. The van der Waals surface area contributed by atoms with Gasteiger partial charge in [-0.15, -0.1) is 0 Å². The van der Waals surface area contributed by atoms with Crippen molar-refractivity contribution in [1.29, 1.82) is 0 Å². The Morgan fingerprint density at radius 3 is 2.50 bits per heavy atom. The minimum atomic E-state index is 0.435. The largest absolute Gasteiger partial charge is 0.0952 e. The minimum Gasteiger partial charge on any atom is -0.0952 e. The van der Waals surface area contributed by atoms with E-state index in [1.165, 1.54) is 35.4 Å². The summed E-state index contributed by atoms with van der Waals surface area (Å²) in [7, 11) is 0.909. The van der Waals surface area contributed by atoms with E-state index in [1.807, 2.05) is 0 Å². The van der Waals surface area contributed by atoms with Crippen molar-refractivity contribution in [1.82, 2.24) is 0 Å². The number of hydrogen-bond donors (Lipinski definition) is 0. The molecule has 0 heterocycles. The van der Waals surface area contributed by atoms with Crippen LogP contribution in [0.3, 0.4) is 0 Å². The number of allylic oxidation sites excluding steroid dienone is 1. The molecule has 0 amide bonds. The smallest absolute Gasteiger partial charge is 0.0156 e. The van der Waals surface area contributed by atoms with Crippen LogP contribution >= 0.6 is 8.58 Å². The molecule has 0 N–H and O–H groups in total. The third-order valence-corrected chi connectivity index (χ3v) is 4.91. The van der Waals surface area contributed by atoms with Gasteiger partial charge in [-0.3, -0.25) is 0 Å². The first-order valence-electron chi connectivity index (χ1n) is 7.01. The summed E-state index contributed by atoms with van der Waals surface area (Å²) in [6.45, 7) is 13.5. The molecule has 0 nitrogen and oxygen atoms in total. The molecule has 0 aliphatic heterocycles. The van der Waals surface area contributed by atoms with E-state index in [0.29, 0.717) is 5.41 Å². The van der Waals surface area contributed by atoms with E-state index >= 15 is 0 Å². The van der Waals surface area contributed by atoms with Crippen LogP contribution in [-0.2, 0) is 0 Å². The van der Waals surface area contributed by atoms with Crippen LogP contribution < -0.4 is 5.30 Å². The summed E-state index contributed by atoms with van der Waals surface area (Å²) in [5, 5.41) is 1.49. The maximum absolute atomic E-state index is 4.31. The Balaban J connectivity index is 2.72. The van der Waals surface area contributed by atoms with Gasteiger partial charge < -0.3 is 0 Å². The Morgan fingerprint density at radius 2 is 1.89 bits per heavy atom. The van der Waals surface area contributed by atoms with Crippen LogP contribution in [0.2, 0.25) is 0 Å². The fourth-order valence-electron chi connectivity index (χ4n) is 1.94. The molecule has 1 atom stereocenters. The molecule has 0 radical (unpaired) electrons. The van der Waals surface area contributed by atoms with Crippen LogP contribution in [0.4, 0.5) is 0 Å². The molecule has 0 saturated heterocycles. The summed E-state index contributed by atoms with van der Waals surface area (Å²) in [4.78, 5) is 0. The molecule has 18 heavy (non-hydrogen) atoms. The molecular formula is C17H27P. The lowest BCUT2D eigenvalue weighted by Crippen LogP contribution is -2.10. The fraction of sp³-hybridized carbons (Fsp3) is 0.529. The first kappa shape index (κ1) is 15.4. The molecule has 0 spiro atoms. The average Bonchev–Trinajstić information content (AvgIpc) is 2.37. The molecule has 100 valence electrons. The second-order valence-corrected chi connectivity index (χ2v) is 7.30. The Labute approximate surface area is 115 Å². The molecule has 1 unspecified atom stereocenters. The normalized spacial score (nSPS) is 12.2. The highest BCUT2D eigenvalue weighted by Gasteiger charge is 2.16. The Bertz CT molecular complexity index is 390. The van der Waals surface area contributed by atoms with Gasteiger partial charge >= 0.3 is 0 Å². The Morgan fingerprint density at radius 1 is 1.22 bits per heavy atom. The Kier molecular flexibility index (Phi) is 6.09. The monoisotopic (exact) mass is 262 g/mol. The predicted molar refractivity (Wildman–Crippen MR) is 87.3 cm³/mol. The highest BCUT2D eigenvalue weighted by atomic mass is 31.1. The first-order chi connectivity index (χ1) is 8.50. The van der Waals surface area contributed by atoms with Gasteiger partial charge in [-0.2, -0.15) is 0 Å². The molecule has 1 rings (SSSR count). The predicted octanol–water partition coefficient (Wildman–Crippen LogP) is 5.24. The van der Waals surface area contributed by atoms with E-state index in [2.05, 4.69) is 58.5 Å². The first-order valence-corrected chi connectivity index (χ1v) is 8.22. The van der Waals surface area contributed by atoms with Crippen molar-refractivity contribution < 1.29 is 0 Å². The molecule has 1 aromatic carbocycles. The third-order valence-electron chi connectivity index (χ3n) is 3.74. The quantitative estimate of drug-likeness (QED) is 0.589. The summed E-state index contributed by atoms with van der Waals surface area (Å²) in [6, 6.07) is 8.77. The van der Waals surface area contributed by atoms with Crippen LogP contribution in [0.25, 0.3) is 5.57 Å². The van der Waals surface area contributed by atoms with Crippen molar-refractivity contribution in [3.8, 4) is 0 Å². The van der Waals surface area contributed by atoms with E-state index in [-0.39, 0.29) is 0 Å². The van der Waals surface area contributed by atoms with Crippen molar-refractivity contribution in [2.75, 3.05) is 6.16 Å². The summed E-state index contributed by atoms with van der Waals surface area (Å²) in [6.07, 6.45) is 4.81. The van der Waals surface area contributed by atoms with Gasteiger partial charge in [0.2, 0.25) is 0 Å². The third kappa shape index (κ3) is 4.58. The van der Waals surface area contributed by atoms with E-state index < -0.39 is 0 Å². The lowest BCUT2D eigenvalue weighted by molar-refractivity contribution is 0.327. The lowest BCUT2D eigenvalue weighted by atomic mass is 9.83. The summed E-state index contributed by atoms with van der Waals surface area (Å²) in [5.41, 5.74) is 3.14. The maximum atomic E-state index is 4.31. The van der Waals surface area contributed by atoms with Gasteiger partial charge in [0.05, 0.1) is 0 Å². The lowest BCUT2D eigenvalue weighted by Gasteiger charge is -2.23. The van der Waals surface area contributed by atoms with E-state index in [0.717, 1.165) is 15.0 Å². The van der Waals surface area contributed by atoms with Gasteiger partial charge in [-0.25, -0.2) is 0 Å². The van der Waals surface area contributed by atoms with Crippen molar-refractivity contribution in [3.05, 3.63) is 36.4 Å². The standard InChI is InChI=1S/C17H27P/c1-6-17(4,5)13-12-14(3)15-10-8-9-11-16(15)18-7-2/h8-11,18H,3,6-7,12-13H2,1-2,4-5H3. The van der Waals surface area contributed by atoms with Gasteiger partial charge in [-0.1, -0.05) is 73.5 Å². The SMILES string of the molecule is C=C(CCC(C)(C)CC)c1ccccc1PCC. The zero-order valence-corrected chi connectivity index (χ0v) is 13.3. The number of rotatable bonds is 7. The molecule has 0 bridgehead atoms. The zero-order valence-electron chi connectivity index (χ0n) is 12.3. The second-order valence-electron chi connectivity index (χ2n) is 5.70. The van der Waals surface area contributed by atoms with Crippen molar-refractivity contribution in [3.63, 3.8) is 0 Å². The molecule has 1 heteroatoms. The van der Waals surface area contributed by atoms with Crippen LogP contribution in [0.15, 0.2) is 30.8 Å². The molecule has 0 fully saturated rings.